The molecule has 1 atom stereocenters. The van der Waals surface area contributed by atoms with E-state index in [0.717, 1.165) is 21.2 Å². The van der Waals surface area contributed by atoms with Crippen molar-refractivity contribution in [2.75, 3.05) is 11.9 Å². The van der Waals surface area contributed by atoms with Gasteiger partial charge in [0.2, 0.25) is 0 Å². The second kappa shape index (κ2) is 7.37. The Balaban J connectivity index is 1.90. The molecular weight excluding hydrogens is 381 g/mol. The van der Waals surface area contributed by atoms with Crippen LogP contribution in [0.4, 0.5) is 11.4 Å². The van der Waals surface area contributed by atoms with E-state index < -0.39 is 4.92 Å². The van der Waals surface area contributed by atoms with Gasteiger partial charge in [-0.3, -0.25) is 10.1 Å². The first-order valence-electron chi connectivity index (χ1n) is 6.56. The molecule has 0 aromatic heterocycles. The van der Waals surface area contributed by atoms with Gasteiger partial charge < -0.3 is 11.1 Å². The predicted octanol–water partition coefficient (Wildman–Crippen LogP) is 3.70. The second-order valence-corrected chi connectivity index (χ2v) is 5.82. The molecule has 21 heavy (non-hydrogen) atoms. The fourth-order valence-corrected chi connectivity index (χ4v) is 2.68. The van der Waals surface area contributed by atoms with Gasteiger partial charge in [0.05, 0.1) is 4.92 Å². The van der Waals surface area contributed by atoms with E-state index in [4.69, 9.17) is 5.73 Å². The number of nitrogens with one attached hydrogen (secondary N) is 1. The first-order valence-corrected chi connectivity index (χ1v) is 7.64. The highest BCUT2D eigenvalue weighted by Gasteiger charge is 2.09. The van der Waals surface area contributed by atoms with E-state index in [1.807, 2.05) is 30.3 Å². The summed E-state index contributed by atoms with van der Waals surface area (Å²) in [5, 5.41) is 14.0. The van der Waals surface area contributed by atoms with E-state index in [1.165, 1.54) is 6.07 Å². The number of nitrogens with two attached hydrogens (primary N) is 1. The number of halogens is 1. The summed E-state index contributed by atoms with van der Waals surface area (Å²) in [5.41, 5.74) is 8.23. The van der Waals surface area contributed by atoms with Crippen LogP contribution in [0, 0.1) is 13.7 Å². The fourth-order valence-electron chi connectivity index (χ4n) is 1.99. The Morgan fingerprint density at radius 1 is 1.24 bits per heavy atom. The first kappa shape index (κ1) is 15.7. The Labute approximate surface area is 136 Å². The van der Waals surface area contributed by atoms with E-state index >= 15 is 0 Å². The molecule has 5 nitrogen and oxygen atoms in total. The molecule has 0 amide bonds. The molecule has 0 bridgehead atoms. The van der Waals surface area contributed by atoms with Crippen molar-refractivity contribution in [3.05, 3.63) is 67.8 Å². The van der Waals surface area contributed by atoms with Gasteiger partial charge in [0.25, 0.3) is 5.69 Å². The molecule has 0 aliphatic carbocycles. The third-order valence-electron chi connectivity index (χ3n) is 3.16. The largest absolute Gasteiger partial charge is 0.384 e. The molecule has 2 rings (SSSR count). The summed E-state index contributed by atoms with van der Waals surface area (Å²) in [6, 6.07) is 14.7. The van der Waals surface area contributed by atoms with Crippen molar-refractivity contribution in [1.82, 2.24) is 0 Å². The second-order valence-electron chi connectivity index (χ2n) is 4.65. The third-order valence-corrected chi connectivity index (χ3v) is 4.05. The Bertz CT molecular complexity index is 620. The smallest absolute Gasteiger partial charge is 0.270 e. The van der Waals surface area contributed by atoms with Gasteiger partial charge in [-0.1, -0.05) is 30.3 Å². The van der Waals surface area contributed by atoms with Gasteiger partial charge in [-0.15, -0.1) is 0 Å². The molecule has 0 aliphatic heterocycles. The average Bonchev–Trinajstić information content (AvgIpc) is 2.49. The molecule has 0 spiro atoms. The average molecular weight is 397 g/mol. The number of benzene rings is 2. The molecule has 0 saturated heterocycles. The highest BCUT2D eigenvalue weighted by atomic mass is 127. The number of nitro benzene ring substituents is 1. The maximum atomic E-state index is 10.7. The highest BCUT2D eigenvalue weighted by molar-refractivity contribution is 14.1. The number of anilines is 1. The minimum atomic E-state index is -0.392. The van der Waals surface area contributed by atoms with E-state index in [1.54, 1.807) is 12.1 Å². The van der Waals surface area contributed by atoms with Gasteiger partial charge >= 0.3 is 0 Å². The van der Waals surface area contributed by atoms with Crippen LogP contribution in [0.2, 0.25) is 0 Å². The number of non-ortho nitro benzene ring substituents is 1. The standard InChI is InChI=1S/C15H16IN3O2/c16-13-10-12(19(20)21)6-7-15(13)18-9-8-14(17)11-4-2-1-3-5-11/h1-7,10,14,18H,8-9,17H2. The molecule has 3 N–H and O–H groups in total. The summed E-state index contributed by atoms with van der Waals surface area (Å²) < 4.78 is 0.829. The van der Waals surface area contributed by atoms with Crippen LogP contribution in [0.5, 0.6) is 0 Å². The van der Waals surface area contributed by atoms with Crippen molar-refractivity contribution in [1.29, 1.82) is 0 Å². The summed E-state index contributed by atoms with van der Waals surface area (Å²) in [6.45, 7) is 0.712. The zero-order chi connectivity index (χ0) is 15.2. The van der Waals surface area contributed by atoms with Crippen LogP contribution in [0.1, 0.15) is 18.0 Å². The van der Waals surface area contributed by atoms with Crippen molar-refractivity contribution in [3.63, 3.8) is 0 Å². The zero-order valence-electron chi connectivity index (χ0n) is 11.3. The predicted molar refractivity (Wildman–Crippen MR) is 92.3 cm³/mol. The monoisotopic (exact) mass is 397 g/mol. The summed E-state index contributed by atoms with van der Waals surface area (Å²) in [5.74, 6) is 0. The van der Waals surface area contributed by atoms with E-state index in [9.17, 15) is 10.1 Å². The van der Waals surface area contributed by atoms with Gasteiger partial charge in [-0.25, -0.2) is 0 Å². The van der Waals surface area contributed by atoms with Crippen LogP contribution in [0.3, 0.4) is 0 Å². The van der Waals surface area contributed by atoms with Crippen molar-refractivity contribution in [2.45, 2.75) is 12.5 Å². The van der Waals surface area contributed by atoms with Crippen LogP contribution >= 0.6 is 22.6 Å². The summed E-state index contributed by atoms with van der Waals surface area (Å²) in [7, 11) is 0. The Morgan fingerprint density at radius 3 is 2.57 bits per heavy atom. The van der Waals surface area contributed by atoms with Crippen LogP contribution in [0.15, 0.2) is 48.5 Å². The normalized spacial score (nSPS) is 11.9. The van der Waals surface area contributed by atoms with E-state index in [2.05, 4.69) is 27.9 Å². The van der Waals surface area contributed by atoms with Crippen molar-refractivity contribution in [2.24, 2.45) is 5.73 Å². The maximum absolute atomic E-state index is 10.7. The summed E-state index contributed by atoms with van der Waals surface area (Å²) in [4.78, 5) is 10.3. The summed E-state index contributed by atoms with van der Waals surface area (Å²) in [6.07, 6.45) is 0.789. The minimum Gasteiger partial charge on any atom is -0.384 e. The SMILES string of the molecule is NC(CCNc1ccc([N+](=O)[O-])cc1I)c1ccccc1. The lowest BCUT2D eigenvalue weighted by Gasteiger charge is -2.14. The zero-order valence-corrected chi connectivity index (χ0v) is 13.5. The molecule has 0 aliphatic rings. The molecule has 0 heterocycles. The molecule has 110 valence electrons. The van der Waals surface area contributed by atoms with E-state index in [0.29, 0.717) is 6.54 Å². The topological polar surface area (TPSA) is 81.2 Å². The van der Waals surface area contributed by atoms with Gasteiger partial charge in [0, 0.05) is 34.0 Å². The van der Waals surface area contributed by atoms with Crippen LogP contribution in [-0.2, 0) is 0 Å². The molecule has 6 heteroatoms. The maximum Gasteiger partial charge on any atom is 0.270 e. The van der Waals surface area contributed by atoms with E-state index in [-0.39, 0.29) is 11.7 Å². The lowest BCUT2D eigenvalue weighted by Crippen LogP contribution is -2.15. The number of rotatable bonds is 6. The molecule has 0 saturated carbocycles. The van der Waals surface area contributed by atoms with Crippen LogP contribution in [-0.4, -0.2) is 11.5 Å². The molecular formula is C15H16IN3O2. The molecule has 2 aromatic carbocycles. The summed E-state index contributed by atoms with van der Waals surface area (Å²) >= 11 is 2.09. The van der Waals surface area contributed by atoms with Crippen molar-refractivity contribution < 1.29 is 4.92 Å². The van der Waals surface area contributed by atoms with Gasteiger partial charge in [0.15, 0.2) is 0 Å². The lowest BCUT2D eigenvalue weighted by atomic mass is 10.1. The number of nitro groups is 1. The Morgan fingerprint density at radius 2 is 1.95 bits per heavy atom. The number of hydrogen-bond acceptors (Lipinski definition) is 4. The van der Waals surface area contributed by atoms with Gasteiger partial charge in [-0.05, 0) is 40.6 Å². The van der Waals surface area contributed by atoms with Crippen molar-refractivity contribution >= 4 is 34.0 Å². The number of hydrogen-bond donors (Lipinski definition) is 2. The minimum absolute atomic E-state index is 0.0191. The molecule has 0 radical (unpaired) electrons. The third kappa shape index (κ3) is 4.40. The molecule has 0 fully saturated rings. The van der Waals surface area contributed by atoms with Gasteiger partial charge in [-0.2, -0.15) is 0 Å². The Kier molecular flexibility index (Phi) is 5.51. The molecule has 1 unspecified atom stereocenters. The molecule has 2 aromatic rings. The lowest BCUT2D eigenvalue weighted by molar-refractivity contribution is -0.384. The van der Waals surface area contributed by atoms with Crippen LogP contribution in [0.25, 0.3) is 0 Å². The fraction of sp³-hybridized carbons (Fsp3) is 0.200. The quantitative estimate of drug-likeness (QED) is 0.443. The van der Waals surface area contributed by atoms with Crippen LogP contribution < -0.4 is 11.1 Å². The van der Waals surface area contributed by atoms with Gasteiger partial charge in [0.1, 0.15) is 0 Å². The van der Waals surface area contributed by atoms with Crippen molar-refractivity contribution in [3.8, 4) is 0 Å². The number of nitrogens with zero attached hydrogens (tertiary/aromatic N) is 1. The first-order chi connectivity index (χ1) is 10.1. The highest BCUT2D eigenvalue weighted by Crippen LogP contribution is 2.24. The Hall–Kier alpha value is -1.67.